The van der Waals surface area contributed by atoms with Crippen LogP contribution in [0.15, 0.2) is 78.4 Å². The number of ketones is 1. The van der Waals surface area contributed by atoms with E-state index < -0.39 is 23.7 Å². The van der Waals surface area contributed by atoms with Gasteiger partial charge < -0.3 is 19.8 Å². The molecule has 3 aromatic carbocycles. The lowest BCUT2D eigenvalue weighted by Gasteiger charge is -2.26. The lowest BCUT2D eigenvalue weighted by Crippen LogP contribution is -2.29. The van der Waals surface area contributed by atoms with Gasteiger partial charge in [-0.2, -0.15) is 0 Å². The van der Waals surface area contributed by atoms with Crippen molar-refractivity contribution >= 4 is 23.4 Å². The van der Waals surface area contributed by atoms with Crippen LogP contribution in [0.3, 0.4) is 0 Å². The minimum absolute atomic E-state index is 0.0253. The van der Waals surface area contributed by atoms with Crippen LogP contribution < -0.4 is 4.74 Å². The summed E-state index contributed by atoms with van der Waals surface area (Å²) in [5.41, 5.74) is 2.45. The Kier molecular flexibility index (Phi) is 6.90. The van der Waals surface area contributed by atoms with Crippen LogP contribution in [0.2, 0.25) is 0 Å². The van der Waals surface area contributed by atoms with E-state index in [1.54, 1.807) is 48.5 Å². The van der Waals surface area contributed by atoms with Crippen LogP contribution in [0.25, 0.3) is 5.76 Å². The Labute approximate surface area is 215 Å². The average molecular weight is 500 g/mol. The normalized spacial score (nSPS) is 17.2. The van der Waals surface area contributed by atoms with Gasteiger partial charge in [0, 0.05) is 6.54 Å². The number of carboxylic acids is 1. The van der Waals surface area contributed by atoms with Crippen LogP contribution in [-0.4, -0.2) is 39.9 Å². The van der Waals surface area contributed by atoms with Crippen molar-refractivity contribution in [2.45, 2.75) is 38.8 Å². The van der Waals surface area contributed by atoms with Gasteiger partial charge >= 0.3 is 5.97 Å². The molecule has 3 aromatic rings. The summed E-state index contributed by atoms with van der Waals surface area (Å²) in [7, 11) is 1.48. The molecule has 1 unspecified atom stereocenters. The molecule has 1 saturated heterocycles. The molecule has 190 valence electrons. The summed E-state index contributed by atoms with van der Waals surface area (Å²) in [6, 6.07) is 19.8. The fourth-order valence-corrected chi connectivity index (χ4v) is 4.48. The first-order chi connectivity index (χ1) is 17.5. The van der Waals surface area contributed by atoms with E-state index >= 15 is 0 Å². The number of aliphatic hydroxyl groups is 1. The molecule has 0 radical (unpaired) electrons. The maximum absolute atomic E-state index is 13.4. The number of methoxy groups -OCH3 is 1. The third kappa shape index (κ3) is 4.98. The van der Waals surface area contributed by atoms with Crippen LogP contribution in [0.4, 0.5) is 0 Å². The number of nitrogens with zero attached hydrogens (tertiary/aromatic N) is 1. The molecule has 0 bridgehead atoms. The van der Waals surface area contributed by atoms with Crippen molar-refractivity contribution in [2.75, 3.05) is 7.11 Å². The smallest absolute Gasteiger partial charge is 0.335 e. The van der Waals surface area contributed by atoms with Crippen LogP contribution in [0, 0.1) is 0 Å². The Balaban J connectivity index is 1.87. The fourth-order valence-electron chi connectivity index (χ4n) is 4.48. The van der Waals surface area contributed by atoms with Crippen LogP contribution in [0.5, 0.6) is 5.75 Å². The van der Waals surface area contributed by atoms with E-state index in [4.69, 9.17) is 4.74 Å². The molecule has 37 heavy (non-hydrogen) atoms. The number of hydrogen-bond acceptors (Lipinski definition) is 5. The summed E-state index contributed by atoms with van der Waals surface area (Å²) < 4.78 is 5.50. The van der Waals surface area contributed by atoms with Gasteiger partial charge in [0.1, 0.15) is 11.5 Å². The summed E-state index contributed by atoms with van der Waals surface area (Å²) in [6.45, 7) is 6.17. The first kappa shape index (κ1) is 25.7. The molecule has 1 fully saturated rings. The van der Waals surface area contributed by atoms with Gasteiger partial charge in [0.15, 0.2) is 0 Å². The SMILES string of the molecule is COc1ccc(C(C)(C)C)cc1/C(O)=C1\C(=O)C(=O)N(Cc2ccc(C(=O)O)cc2)C1c1ccccc1. The molecule has 0 spiro atoms. The third-order valence-corrected chi connectivity index (χ3v) is 6.53. The third-order valence-electron chi connectivity index (χ3n) is 6.53. The topological polar surface area (TPSA) is 104 Å². The highest BCUT2D eigenvalue weighted by atomic mass is 16.5. The summed E-state index contributed by atoms with van der Waals surface area (Å²) in [6.07, 6.45) is 0. The molecule has 1 amide bonds. The van der Waals surface area contributed by atoms with E-state index in [0.29, 0.717) is 22.4 Å². The Bertz CT molecular complexity index is 1380. The van der Waals surface area contributed by atoms with Crippen molar-refractivity contribution in [2.24, 2.45) is 0 Å². The van der Waals surface area contributed by atoms with Crippen molar-refractivity contribution in [1.29, 1.82) is 0 Å². The zero-order valence-corrected chi connectivity index (χ0v) is 21.2. The second-order valence-electron chi connectivity index (χ2n) is 10.0. The van der Waals surface area contributed by atoms with E-state index in [1.807, 2.05) is 32.9 Å². The molecule has 1 aliphatic heterocycles. The lowest BCUT2D eigenvalue weighted by atomic mass is 9.85. The van der Waals surface area contributed by atoms with Crippen LogP contribution in [0.1, 0.15) is 59.4 Å². The minimum Gasteiger partial charge on any atom is -0.507 e. The van der Waals surface area contributed by atoms with Gasteiger partial charge in [-0.1, -0.05) is 69.3 Å². The van der Waals surface area contributed by atoms with Crippen molar-refractivity contribution in [1.82, 2.24) is 4.90 Å². The van der Waals surface area contributed by atoms with Gasteiger partial charge in [-0.05, 0) is 46.4 Å². The number of aromatic carboxylic acids is 1. The predicted octanol–water partition coefficient (Wildman–Crippen LogP) is 5.31. The van der Waals surface area contributed by atoms with Crippen LogP contribution >= 0.6 is 0 Å². The van der Waals surface area contributed by atoms with Crippen LogP contribution in [-0.2, 0) is 21.5 Å². The highest BCUT2D eigenvalue weighted by Gasteiger charge is 2.46. The predicted molar refractivity (Wildman–Crippen MR) is 139 cm³/mol. The summed E-state index contributed by atoms with van der Waals surface area (Å²) in [5, 5.41) is 20.7. The van der Waals surface area contributed by atoms with Crippen molar-refractivity contribution in [3.05, 3.63) is 106 Å². The molecule has 1 aliphatic rings. The zero-order valence-electron chi connectivity index (χ0n) is 21.2. The van der Waals surface area contributed by atoms with Crippen molar-refractivity contribution in [3.63, 3.8) is 0 Å². The number of amides is 1. The fraction of sp³-hybridized carbons (Fsp3) is 0.233. The number of carbonyl (C=O) groups is 3. The number of benzene rings is 3. The van der Waals surface area contributed by atoms with E-state index in [2.05, 4.69) is 0 Å². The van der Waals surface area contributed by atoms with E-state index in [0.717, 1.165) is 5.56 Å². The molecule has 0 saturated carbocycles. The van der Waals surface area contributed by atoms with E-state index in [9.17, 15) is 24.6 Å². The summed E-state index contributed by atoms with van der Waals surface area (Å²) >= 11 is 0. The second kappa shape index (κ2) is 9.93. The van der Waals surface area contributed by atoms with Crippen molar-refractivity contribution < 1.29 is 29.3 Å². The monoisotopic (exact) mass is 499 g/mol. The van der Waals surface area contributed by atoms with Gasteiger partial charge in [0.05, 0.1) is 29.9 Å². The molecule has 1 atom stereocenters. The highest BCUT2D eigenvalue weighted by molar-refractivity contribution is 6.46. The van der Waals surface area contributed by atoms with Gasteiger partial charge in [0.2, 0.25) is 0 Å². The number of Topliss-reactive ketones (excluding diaryl/α,β-unsaturated/α-hetero) is 1. The minimum atomic E-state index is -1.05. The van der Waals surface area contributed by atoms with Crippen molar-refractivity contribution in [3.8, 4) is 5.75 Å². The molecule has 7 nitrogen and oxygen atoms in total. The second-order valence-corrected chi connectivity index (χ2v) is 10.0. The molecule has 4 rings (SSSR count). The molecule has 1 heterocycles. The maximum Gasteiger partial charge on any atom is 0.335 e. The molecule has 7 heteroatoms. The number of hydrogen-bond donors (Lipinski definition) is 2. The number of ether oxygens (including phenoxy) is 1. The van der Waals surface area contributed by atoms with Gasteiger partial charge in [0.25, 0.3) is 11.7 Å². The first-order valence-electron chi connectivity index (χ1n) is 11.9. The molecular formula is C30H29NO6. The number of carbonyl (C=O) groups excluding carboxylic acids is 2. The Hall–Kier alpha value is -4.39. The Morgan fingerprint density at radius 1 is 0.946 bits per heavy atom. The van der Waals surface area contributed by atoms with Gasteiger partial charge in [-0.3, -0.25) is 9.59 Å². The number of rotatable bonds is 6. The summed E-state index contributed by atoms with van der Waals surface area (Å²) in [4.78, 5) is 39.3. The average Bonchev–Trinajstić information content (AvgIpc) is 3.13. The lowest BCUT2D eigenvalue weighted by molar-refractivity contribution is -0.140. The summed E-state index contributed by atoms with van der Waals surface area (Å²) in [5.74, 6) is -2.52. The quantitative estimate of drug-likeness (QED) is 0.271. The standard InChI is InChI=1S/C30H29NO6/c1-30(2,3)21-14-15-23(37-4)22(16-21)26(32)24-25(19-8-6-5-7-9-19)31(28(34)27(24)33)17-18-10-12-20(13-11-18)29(35)36/h5-16,25,32H,17H2,1-4H3,(H,35,36)/b26-24+. The van der Waals surface area contributed by atoms with E-state index in [1.165, 1.54) is 24.1 Å². The zero-order chi connectivity index (χ0) is 26.9. The number of carboxylic acid groups (broad SMARTS) is 1. The molecule has 2 N–H and O–H groups in total. The maximum atomic E-state index is 13.4. The van der Waals surface area contributed by atoms with Gasteiger partial charge in [-0.25, -0.2) is 4.79 Å². The number of likely N-dealkylation sites (tertiary alicyclic amines) is 1. The first-order valence-corrected chi connectivity index (χ1v) is 11.9. The van der Waals surface area contributed by atoms with Gasteiger partial charge in [-0.15, -0.1) is 0 Å². The largest absolute Gasteiger partial charge is 0.507 e. The Morgan fingerprint density at radius 3 is 2.16 bits per heavy atom. The number of aliphatic hydroxyl groups excluding tert-OH is 1. The Morgan fingerprint density at radius 2 is 1.59 bits per heavy atom. The molecule has 0 aromatic heterocycles. The highest BCUT2D eigenvalue weighted by Crippen LogP contribution is 2.42. The molecule has 0 aliphatic carbocycles. The molecular weight excluding hydrogens is 470 g/mol. The van der Waals surface area contributed by atoms with E-state index in [-0.39, 0.29) is 28.9 Å².